The first-order chi connectivity index (χ1) is 23.3. The Kier molecular flexibility index (Phi) is 34.6. The highest BCUT2D eigenvalue weighted by Crippen LogP contribution is 2.43. The molecule has 0 bridgehead atoms. The molecule has 284 valence electrons. The lowest BCUT2D eigenvalue weighted by molar-refractivity contribution is -0.161. The van der Waals surface area contributed by atoms with Crippen molar-refractivity contribution in [1.82, 2.24) is 0 Å². The summed E-state index contributed by atoms with van der Waals surface area (Å²) in [6.07, 6.45) is 34.2. The zero-order chi connectivity index (χ0) is 35.4. The molecular formula is C38H74NO8P. The van der Waals surface area contributed by atoms with Gasteiger partial charge in [0.25, 0.3) is 0 Å². The Morgan fingerprint density at radius 2 is 1.02 bits per heavy atom. The van der Waals surface area contributed by atoms with Crippen LogP contribution in [-0.4, -0.2) is 49.3 Å². The van der Waals surface area contributed by atoms with Gasteiger partial charge in [0, 0.05) is 19.4 Å². The van der Waals surface area contributed by atoms with Gasteiger partial charge in [-0.05, 0) is 38.5 Å². The third-order valence-electron chi connectivity index (χ3n) is 8.40. The number of hydrogen-bond donors (Lipinski definition) is 2. The molecule has 0 saturated carbocycles. The van der Waals surface area contributed by atoms with Crippen LogP contribution < -0.4 is 5.73 Å². The van der Waals surface area contributed by atoms with E-state index in [0.29, 0.717) is 6.42 Å². The number of nitrogens with two attached hydrogens (primary N) is 1. The van der Waals surface area contributed by atoms with Gasteiger partial charge in [-0.3, -0.25) is 18.6 Å². The fourth-order valence-electron chi connectivity index (χ4n) is 5.45. The van der Waals surface area contributed by atoms with Crippen LogP contribution in [0.15, 0.2) is 12.2 Å². The van der Waals surface area contributed by atoms with E-state index in [0.717, 1.165) is 44.9 Å². The van der Waals surface area contributed by atoms with E-state index in [-0.39, 0.29) is 38.6 Å². The average Bonchev–Trinajstić information content (AvgIpc) is 3.07. The van der Waals surface area contributed by atoms with Crippen molar-refractivity contribution in [1.29, 1.82) is 0 Å². The van der Waals surface area contributed by atoms with Gasteiger partial charge < -0.3 is 20.1 Å². The smallest absolute Gasteiger partial charge is 0.462 e. The van der Waals surface area contributed by atoms with Gasteiger partial charge in [0.05, 0.1) is 13.2 Å². The lowest BCUT2D eigenvalue weighted by atomic mass is 10.1. The molecule has 0 heterocycles. The number of carbonyl (C=O) groups excluding carboxylic acids is 2. The first-order valence-corrected chi connectivity index (χ1v) is 21.2. The third kappa shape index (κ3) is 34.6. The lowest BCUT2D eigenvalue weighted by Gasteiger charge is -2.19. The second-order valence-electron chi connectivity index (χ2n) is 13.2. The summed E-state index contributed by atoms with van der Waals surface area (Å²) in [6.45, 7) is 3.66. The highest BCUT2D eigenvalue weighted by atomic mass is 31.2. The van der Waals surface area contributed by atoms with Gasteiger partial charge in [-0.2, -0.15) is 0 Å². The zero-order valence-corrected chi connectivity index (χ0v) is 31.9. The number of phosphoric ester groups is 1. The van der Waals surface area contributed by atoms with Crippen molar-refractivity contribution in [3.8, 4) is 0 Å². The molecule has 0 spiro atoms. The van der Waals surface area contributed by atoms with Gasteiger partial charge in [-0.15, -0.1) is 0 Å². The minimum Gasteiger partial charge on any atom is -0.462 e. The maximum absolute atomic E-state index is 12.5. The van der Waals surface area contributed by atoms with Crippen LogP contribution in [0, 0.1) is 0 Å². The van der Waals surface area contributed by atoms with Crippen LogP contribution in [0.4, 0.5) is 0 Å². The molecule has 48 heavy (non-hydrogen) atoms. The number of esters is 2. The van der Waals surface area contributed by atoms with Gasteiger partial charge in [-0.25, -0.2) is 4.57 Å². The van der Waals surface area contributed by atoms with Crippen molar-refractivity contribution < 1.29 is 37.6 Å². The second-order valence-corrected chi connectivity index (χ2v) is 14.6. The van der Waals surface area contributed by atoms with E-state index in [2.05, 4.69) is 26.0 Å². The molecule has 0 rings (SSSR count). The standard InChI is InChI=1S/C38H74NO8P/c1-3-5-7-9-11-12-13-14-15-16-17-18-19-20-21-22-23-24-25-27-29-31-38(41)47-36(35-46-48(42,43)45-33-32-39)34-44-37(40)30-28-26-10-8-6-4-2/h16-17,36H,3-15,18-35,39H2,1-2H3,(H,42,43)/b17-16-. The summed E-state index contributed by atoms with van der Waals surface area (Å²) in [5, 5.41) is 0. The average molecular weight is 704 g/mol. The molecule has 2 unspecified atom stereocenters. The Hall–Kier alpha value is -1.25. The van der Waals surface area contributed by atoms with E-state index < -0.39 is 26.5 Å². The molecule has 10 heteroatoms. The van der Waals surface area contributed by atoms with Crippen molar-refractivity contribution in [2.24, 2.45) is 5.73 Å². The molecule has 0 saturated heterocycles. The summed E-state index contributed by atoms with van der Waals surface area (Å²) in [6, 6.07) is 0. The minimum atomic E-state index is -4.36. The summed E-state index contributed by atoms with van der Waals surface area (Å²) >= 11 is 0. The van der Waals surface area contributed by atoms with E-state index >= 15 is 0 Å². The number of unbranched alkanes of at least 4 members (excludes halogenated alkanes) is 22. The number of phosphoric acid groups is 1. The van der Waals surface area contributed by atoms with Crippen molar-refractivity contribution in [3.63, 3.8) is 0 Å². The largest absolute Gasteiger partial charge is 0.472 e. The fourth-order valence-corrected chi connectivity index (χ4v) is 6.22. The maximum atomic E-state index is 12.5. The van der Waals surface area contributed by atoms with Crippen LogP contribution in [0.1, 0.15) is 187 Å². The van der Waals surface area contributed by atoms with Crippen molar-refractivity contribution >= 4 is 19.8 Å². The molecule has 0 amide bonds. The van der Waals surface area contributed by atoms with Crippen LogP contribution in [0.25, 0.3) is 0 Å². The van der Waals surface area contributed by atoms with Gasteiger partial charge in [-0.1, -0.05) is 148 Å². The number of rotatable bonds is 37. The maximum Gasteiger partial charge on any atom is 0.472 e. The van der Waals surface area contributed by atoms with Gasteiger partial charge in [0.15, 0.2) is 6.10 Å². The molecule has 3 N–H and O–H groups in total. The molecule has 0 aromatic carbocycles. The molecule has 2 atom stereocenters. The SMILES string of the molecule is CCCCCCCCCC/C=C\CCCCCCCCCCCC(=O)OC(COC(=O)CCCCCCCC)COP(=O)(O)OCCN. The highest BCUT2D eigenvalue weighted by molar-refractivity contribution is 7.47. The number of hydrogen-bond acceptors (Lipinski definition) is 8. The normalized spacial score (nSPS) is 13.5. The quantitative estimate of drug-likeness (QED) is 0.0280. The first-order valence-electron chi connectivity index (χ1n) is 19.7. The Labute approximate surface area is 294 Å². The molecule has 0 aliphatic rings. The van der Waals surface area contributed by atoms with Crippen LogP contribution in [0.3, 0.4) is 0 Å². The summed E-state index contributed by atoms with van der Waals surface area (Å²) < 4.78 is 32.5. The lowest BCUT2D eigenvalue weighted by Crippen LogP contribution is -2.29. The number of allylic oxidation sites excluding steroid dienone is 2. The highest BCUT2D eigenvalue weighted by Gasteiger charge is 2.25. The predicted molar refractivity (Wildman–Crippen MR) is 197 cm³/mol. The second kappa shape index (κ2) is 35.6. The first kappa shape index (κ1) is 46.8. The topological polar surface area (TPSA) is 134 Å². The van der Waals surface area contributed by atoms with Crippen LogP contribution >= 0.6 is 7.82 Å². The molecule has 0 aromatic rings. The van der Waals surface area contributed by atoms with E-state index in [1.807, 2.05) is 0 Å². The van der Waals surface area contributed by atoms with E-state index in [1.54, 1.807) is 0 Å². The number of carbonyl (C=O) groups is 2. The molecule has 0 aliphatic carbocycles. The van der Waals surface area contributed by atoms with E-state index in [4.69, 9.17) is 24.3 Å². The van der Waals surface area contributed by atoms with Crippen LogP contribution in [0.5, 0.6) is 0 Å². The Morgan fingerprint density at radius 3 is 1.48 bits per heavy atom. The van der Waals surface area contributed by atoms with Gasteiger partial charge in [0.2, 0.25) is 0 Å². The third-order valence-corrected chi connectivity index (χ3v) is 9.39. The van der Waals surface area contributed by atoms with E-state index in [1.165, 1.54) is 109 Å². The molecule has 0 radical (unpaired) electrons. The minimum absolute atomic E-state index is 0.0553. The van der Waals surface area contributed by atoms with Crippen LogP contribution in [-0.2, 0) is 32.7 Å². The van der Waals surface area contributed by atoms with Crippen LogP contribution in [0.2, 0.25) is 0 Å². The van der Waals surface area contributed by atoms with Crippen molar-refractivity contribution in [2.75, 3.05) is 26.4 Å². The zero-order valence-electron chi connectivity index (χ0n) is 31.0. The van der Waals surface area contributed by atoms with Crippen molar-refractivity contribution in [3.05, 3.63) is 12.2 Å². The summed E-state index contributed by atoms with van der Waals surface area (Å²) in [7, 11) is -4.36. The molecule has 0 aromatic heterocycles. The van der Waals surface area contributed by atoms with Gasteiger partial charge >= 0.3 is 19.8 Å². The summed E-state index contributed by atoms with van der Waals surface area (Å²) in [4.78, 5) is 34.5. The van der Waals surface area contributed by atoms with Crippen molar-refractivity contribution in [2.45, 2.75) is 193 Å². The molecule has 0 fully saturated rings. The van der Waals surface area contributed by atoms with Gasteiger partial charge in [0.1, 0.15) is 6.61 Å². The molecule has 0 aliphatic heterocycles. The predicted octanol–water partition coefficient (Wildman–Crippen LogP) is 10.7. The fraction of sp³-hybridized carbons (Fsp3) is 0.895. The molecular weight excluding hydrogens is 629 g/mol. The molecule has 9 nitrogen and oxygen atoms in total. The van der Waals surface area contributed by atoms with E-state index in [9.17, 15) is 19.0 Å². The Bertz CT molecular complexity index is 810. The monoisotopic (exact) mass is 704 g/mol. The summed E-state index contributed by atoms with van der Waals surface area (Å²) in [5.41, 5.74) is 5.32. The number of ether oxygens (including phenoxy) is 2. The Balaban J connectivity index is 4.01. The Morgan fingerprint density at radius 1 is 0.604 bits per heavy atom. The summed E-state index contributed by atoms with van der Waals surface area (Å²) in [5.74, 6) is -0.836.